The summed E-state index contributed by atoms with van der Waals surface area (Å²) in [5, 5.41) is 17.1. The van der Waals surface area contributed by atoms with E-state index in [0.717, 1.165) is 13.1 Å². The molecule has 2 N–H and O–H groups in total. The van der Waals surface area contributed by atoms with Gasteiger partial charge in [0.05, 0.1) is 17.6 Å². The highest BCUT2D eigenvalue weighted by molar-refractivity contribution is 5.95. The van der Waals surface area contributed by atoms with Gasteiger partial charge in [-0.25, -0.2) is 0 Å². The van der Waals surface area contributed by atoms with Gasteiger partial charge >= 0.3 is 0 Å². The normalized spacial score (nSPS) is 18.4. The molecule has 0 radical (unpaired) electrons. The molecule has 0 spiro atoms. The minimum atomic E-state index is -0.484. The number of anilines is 1. The Morgan fingerprint density at radius 1 is 1.50 bits per heavy atom. The summed E-state index contributed by atoms with van der Waals surface area (Å²) in [6.07, 6.45) is -0.0210. The first-order chi connectivity index (χ1) is 11.4. The summed E-state index contributed by atoms with van der Waals surface area (Å²) in [5.74, 6) is -0.322. The minimum Gasteiger partial charge on any atom is -0.377 e. The third-order valence-corrected chi connectivity index (χ3v) is 3.74. The number of nitrogens with one attached hydrogen (secondary N) is 2. The average molecular weight is 336 g/mol. The first-order valence-corrected chi connectivity index (χ1v) is 8.00. The minimum absolute atomic E-state index is 0.0210. The smallest absolute Gasteiger partial charge is 0.293 e. The molecule has 1 amide bonds. The Morgan fingerprint density at radius 2 is 2.25 bits per heavy atom. The molecule has 1 aromatic carbocycles. The van der Waals surface area contributed by atoms with Gasteiger partial charge in [-0.3, -0.25) is 14.9 Å². The Hall–Kier alpha value is -2.19. The fraction of sp³-hybridized carbons (Fsp3) is 0.562. The molecule has 1 aliphatic rings. The number of nitrogens with zero attached hydrogens (tertiary/aromatic N) is 2. The van der Waals surface area contributed by atoms with Crippen molar-refractivity contribution in [3.8, 4) is 0 Å². The molecule has 0 aromatic heterocycles. The lowest BCUT2D eigenvalue weighted by atomic mass is 10.1. The second-order valence-corrected chi connectivity index (χ2v) is 6.25. The molecule has 8 nitrogen and oxygen atoms in total. The van der Waals surface area contributed by atoms with Crippen molar-refractivity contribution in [3.63, 3.8) is 0 Å². The van der Waals surface area contributed by atoms with Crippen LogP contribution in [0, 0.1) is 10.1 Å². The van der Waals surface area contributed by atoms with Crippen molar-refractivity contribution in [2.75, 3.05) is 38.6 Å². The van der Waals surface area contributed by atoms with E-state index in [-0.39, 0.29) is 29.3 Å². The van der Waals surface area contributed by atoms with E-state index in [2.05, 4.69) is 15.5 Å². The number of ether oxygens (including phenoxy) is 1. The highest BCUT2D eigenvalue weighted by Gasteiger charge is 2.21. The fourth-order valence-corrected chi connectivity index (χ4v) is 2.53. The molecule has 1 saturated heterocycles. The Morgan fingerprint density at radius 3 is 2.88 bits per heavy atom. The molecule has 1 aromatic rings. The number of likely N-dealkylation sites (N-methyl/N-ethyl adjacent to an activating group) is 1. The molecule has 0 bridgehead atoms. The Bertz CT molecular complexity index is 606. The summed E-state index contributed by atoms with van der Waals surface area (Å²) in [4.78, 5) is 25.0. The number of amides is 1. The van der Waals surface area contributed by atoms with Crippen LogP contribution >= 0.6 is 0 Å². The quantitative estimate of drug-likeness (QED) is 0.603. The van der Waals surface area contributed by atoms with Crippen LogP contribution in [0.4, 0.5) is 11.4 Å². The molecule has 0 saturated carbocycles. The van der Waals surface area contributed by atoms with Gasteiger partial charge in [-0.05, 0) is 33.0 Å². The highest BCUT2D eigenvalue weighted by Crippen LogP contribution is 2.26. The zero-order chi connectivity index (χ0) is 17.7. The molecular weight excluding hydrogens is 312 g/mol. The lowest BCUT2D eigenvalue weighted by molar-refractivity contribution is -0.384. The predicted octanol–water partition coefficient (Wildman–Crippen LogP) is 1.48. The maximum atomic E-state index is 12.0. The van der Waals surface area contributed by atoms with Crippen molar-refractivity contribution in [3.05, 3.63) is 33.9 Å². The van der Waals surface area contributed by atoms with Crippen LogP contribution in [-0.4, -0.2) is 61.2 Å². The number of morpholine rings is 1. The van der Waals surface area contributed by atoms with Crippen molar-refractivity contribution in [1.82, 2.24) is 10.2 Å². The molecule has 8 heteroatoms. The molecule has 1 heterocycles. The molecule has 132 valence electrons. The van der Waals surface area contributed by atoms with Crippen molar-refractivity contribution in [1.29, 1.82) is 0 Å². The van der Waals surface area contributed by atoms with Crippen LogP contribution < -0.4 is 10.6 Å². The number of nitro groups is 1. The van der Waals surface area contributed by atoms with E-state index in [4.69, 9.17) is 4.74 Å². The number of carbonyl (C=O) groups excluding carboxylic acids is 1. The summed E-state index contributed by atoms with van der Waals surface area (Å²) in [5.41, 5.74) is 0.545. The van der Waals surface area contributed by atoms with Crippen LogP contribution in [0.25, 0.3) is 0 Å². The van der Waals surface area contributed by atoms with Gasteiger partial charge in [0, 0.05) is 37.3 Å². The number of rotatable bonds is 6. The van der Waals surface area contributed by atoms with Crippen LogP contribution in [0.5, 0.6) is 0 Å². The molecular formula is C16H24N4O4. The molecule has 1 atom stereocenters. The van der Waals surface area contributed by atoms with Gasteiger partial charge < -0.3 is 20.3 Å². The number of nitro benzene ring substituents is 1. The standard InChI is InChI=1S/C16H24N4O4/c1-11(2)18-16(21)12-4-5-14(15(8-12)20(22)23)17-9-13-10-19(3)6-7-24-13/h4-5,8,11,13,17H,6-7,9-10H2,1-3H3,(H,18,21). The van der Waals surface area contributed by atoms with Gasteiger partial charge in [0.15, 0.2) is 0 Å². The predicted molar refractivity (Wildman–Crippen MR) is 91.4 cm³/mol. The molecule has 1 fully saturated rings. The Labute approximate surface area is 141 Å². The summed E-state index contributed by atoms with van der Waals surface area (Å²) >= 11 is 0. The number of hydrogen-bond acceptors (Lipinski definition) is 6. The van der Waals surface area contributed by atoms with Gasteiger partial charge in [-0.15, -0.1) is 0 Å². The van der Waals surface area contributed by atoms with E-state index < -0.39 is 4.92 Å². The van der Waals surface area contributed by atoms with E-state index in [1.165, 1.54) is 6.07 Å². The lowest BCUT2D eigenvalue weighted by Gasteiger charge is -2.30. The number of hydrogen-bond donors (Lipinski definition) is 2. The lowest BCUT2D eigenvalue weighted by Crippen LogP contribution is -2.43. The van der Waals surface area contributed by atoms with Gasteiger partial charge in [0.1, 0.15) is 5.69 Å². The van der Waals surface area contributed by atoms with Gasteiger partial charge in [0.2, 0.25) is 0 Å². The average Bonchev–Trinajstić information content (AvgIpc) is 2.52. The first-order valence-electron chi connectivity index (χ1n) is 8.00. The molecule has 1 aliphatic heterocycles. The maximum absolute atomic E-state index is 12.0. The topological polar surface area (TPSA) is 96.7 Å². The summed E-state index contributed by atoms with van der Waals surface area (Å²) in [6, 6.07) is 4.42. The largest absolute Gasteiger partial charge is 0.377 e. The van der Waals surface area contributed by atoms with Gasteiger partial charge in [-0.1, -0.05) is 0 Å². The fourth-order valence-electron chi connectivity index (χ4n) is 2.53. The Kier molecular flexibility index (Phi) is 6.10. The second kappa shape index (κ2) is 8.07. The molecule has 2 rings (SSSR count). The Balaban J connectivity index is 2.09. The zero-order valence-corrected chi connectivity index (χ0v) is 14.2. The van der Waals surface area contributed by atoms with Crippen molar-refractivity contribution in [2.45, 2.75) is 26.0 Å². The van der Waals surface area contributed by atoms with E-state index in [1.807, 2.05) is 20.9 Å². The van der Waals surface area contributed by atoms with Crippen LogP contribution in [0.3, 0.4) is 0 Å². The van der Waals surface area contributed by atoms with Crippen LogP contribution in [0.1, 0.15) is 24.2 Å². The van der Waals surface area contributed by atoms with Crippen LogP contribution in [-0.2, 0) is 4.74 Å². The van der Waals surface area contributed by atoms with Gasteiger partial charge in [0.25, 0.3) is 11.6 Å². The summed E-state index contributed by atoms with van der Waals surface area (Å²) < 4.78 is 5.64. The van der Waals surface area contributed by atoms with E-state index in [1.54, 1.807) is 12.1 Å². The van der Waals surface area contributed by atoms with Crippen molar-refractivity contribution >= 4 is 17.3 Å². The molecule has 24 heavy (non-hydrogen) atoms. The van der Waals surface area contributed by atoms with E-state index >= 15 is 0 Å². The van der Waals surface area contributed by atoms with Crippen molar-refractivity contribution in [2.24, 2.45) is 0 Å². The van der Waals surface area contributed by atoms with Crippen LogP contribution in [0.2, 0.25) is 0 Å². The molecule has 1 unspecified atom stereocenters. The first kappa shape index (κ1) is 18.2. The highest BCUT2D eigenvalue weighted by atomic mass is 16.6. The summed E-state index contributed by atoms with van der Waals surface area (Å²) in [7, 11) is 2.01. The van der Waals surface area contributed by atoms with Crippen LogP contribution in [0.15, 0.2) is 18.2 Å². The SMILES string of the molecule is CC(C)NC(=O)c1ccc(NCC2CN(C)CCO2)c([N+](=O)[O-])c1. The third kappa shape index (κ3) is 4.90. The number of benzene rings is 1. The van der Waals surface area contributed by atoms with Gasteiger partial charge in [-0.2, -0.15) is 0 Å². The van der Waals surface area contributed by atoms with Crippen molar-refractivity contribution < 1.29 is 14.5 Å². The van der Waals surface area contributed by atoms with E-state index in [0.29, 0.717) is 18.8 Å². The second-order valence-electron chi connectivity index (χ2n) is 6.25. The summed E-state index contributed by atoms with van der Waals surface area (Å²) in [6.45, 7) is 6.46. The zero-order valence-electron chi connectivity index (χ0n) is 14.2. The molecule has 0 aliphatic carbocycles. The van der Waals surface area contributed by atoms with E-state index in [9.17, 15) is 14.9 Å². The third-order valence-electron chi connectivity index (χ3n) is 3.74. The maximum Gasteiger partial charge on any atom is 0.293 e. The monoisotopic (exact) mass is 336 g/mol. The number of carbonyl (C=O) groups is 1.